The molecule has 0 aromatic heterocycles. The Balaban J connectivity index is 2.84. The maximum Gasteiger partial charge on any atom is 0.329 e. The first kappa shape index (κ1) is 18.0. The standard InChI is InChI=1S/C17H25NO4/c1-5-9-17(4,16(20)21)18-15(19)13-7-6-8-14(10-13)22-11-12(2)3/h6-8,10,12H,5,9,11H2,1-4H3,(H,18,19)(H,20,21). The van der Waals surface area contributed by atoms with Crippen molar-refractivity contribution in [3.63, 3.8) is 0 Å². The highest BCUT2D eigenvalue weighted by atomic mass is 16.5. The second-order valence-corrected chi connectivity index (χ2v) is 6.07. The lowest BCUT2D eigenvalue weighted by atomic mass is 9.95. The van der Waals surface area contributed by atoms with Crippen LogP contribution in [0.5, 0.6) is 5.75 Å². The van der Waals surface area contributed by atoms with Crippen molar-refractivity contribution >= 4 is 11.9 Å². The molecule has 0 spiro atoms. The lowest BCUT2D eigenvalue weighted by molar-refractivity contribution is -0.144. The zero-order chi connectivity index (χ0) is 16.8. The third kappa shape index (κ3) is 5.06. The molecule has 5 nitrogen and oxygen atoms in total. The quantitative estimate of drug-likeness (QED) is 0.774. The smallest absolute Gasteiger partial charge is 0.329 e. The Bertz CT molecular complexity index is 527. The summed E-state index contributed by atoms with van der Waals surface area (Å²) < 4.78 is 5.59. The van der Waals surface area contributed by atoms with Gasteiger partial charge in [-0.15, -0.1) is 0 Å². The van der Waals surface area contributed by atoms with Crippen LogP contribution in [0.25, 0.3) is 0 Å². The molecule has 5 heteroatoms. The van der Waals surface area contributed by atoms with Crippen LogP contribution < -0.4 is 10.1 Å². The van der Waals surface area contributed by atoms with Crippen molar-refractivity contribution in [2.75, 3.05) is 6.61 Å². The van der Waals surface area contributed by atoms with E-state index in [1.807, 2.05) is 20.8 Å². The Hall–Kier alpha value is -2.04. The number of carbonyl (C=O) groups is 2. The van der Waals surface area contributed by atoms with Gasteiger partial charge in [-0.1, -0.05) is 33.3 Å². The zero-order valence-corrected chi connectivity index (χ0v) is 13.7. The molecule has 0 aliphatic heterocycles. The Kier molecular flexibility index (Phi) is 6.40. The third-order valence-corrected chi connectivity index (χ3v) is 3.29. The van der Waals surface area contributed by atoms with E-state index >= 15 is 0 Å². The third-order valence-electron chi connectivity index (χ3n) is 3.29. The van der Waals surface area contributed by atoms with Crippen LogP contribution in [-0.4, -0.2) is 29.1 Å². The maximum absolute atomic E-state index is 12.3. The largest absolute Gasteiger partial charge is 0.493 e. The van der Waals surface area contributed by atoms with Gasteiger partial charge in [-0.05, 0) is 37.5 Å². The lowest BCUT2D eigenvalue weighted by Gasteiger charge is -2.25. The number of hydrogen-bond donors (Lipinski definition) is 2. The van der Waals surface area contributed by atoms with Gasteiger partial charge < -0.3 is 15.2 Å². The molecule has 0 fully saturated rings. The van der Waals surface area contributed by atoms with Gasteiger partial charge in [0.15, 0.2) is 0 Å². The van der Waals surface area contributed by atoms with Crippen LogP contribution in [0.15, 0.2) is 24.3 Å². The highest BCUT2D eigenvalue weighted by Gasteiger charge is 2.34. The molecule has 0 bridgehead atoms. The predicted octanol–water partition coefficient (Wildman–Crippen LogP) is 3.09. The maximum atomic E-state index is 12.3. The van der Waals surface area contributed by atoms with Crippen molar-refractivity contribution in [3.05, 3.63) is 29.8 Å². The Morgan fingerprint density at radius 3 is 2.59 bits per heavy atom. The minimum atomic E-state index is -1.26. The first-order valence-corrected chi connectivity index (χ1v) is 7.57. The van der Waals surface area contributed by atoms with Crippen LogP contribution in [0.3, 0.4) is 0 Å². The van der Waals surface area contributed by atoms with Gasteiger partial charge in [-0.25, -0.2) is 4.79 Å². The van der Waals surface area contributed by atoms with E-state index in [1.54, 1.807) is 24.3 Å². The van der Waals surface area contributed by atoms with E-state index < -0.39 is 17.4 Å². The topological polar surface area (TPSA) is 75.6 Å². The average Bonchev–Trinajstić information content (AvgIpc) is 2.45. The van der Waals surface area contributed by atoms with E-state index in [0.29, 0.717) is 36.7 Å². The summed E-state index contributed by atoms with van der Waals surface area (Å²) in [7, 11) is 0. The van der Waals surface area contributed by atoms with Gasteiger partial charge in [-0.3, -0.25) is 4.79 Å². The number of nitrogens with one attached hydrogen (secondary N) is 1. The van der Waals surface area contributed by atoms with E-state index in [0.717, 1.165) is 0 Å². The van der Waals surface area contributed by atoms with Gasteiger partial charge in [0.25, 0.3) is 5.91 Å². The average molecular weight is 307 g/mol. The molecule has 0 aliphatic carbocycles. The molecule has 0 heterocycles. The van der Waals surface area contributed by atoms with Crippen LogP contribution in [0.1, 0.15) is 50.9 Å². The molecule has 122 valence electrons. The second-order valence-electron chi connectivity index (χ2n) is 6.07. The fourth-order valence-electron chi connectivity index (χ4n) is 2.04. The summed E-state index contributed by atoms with van der Waals surface area (Å²) in [6.07, 6.45) is 1.04. The van der Waals surface area contributed by atoms with Crippen LogP contribution >= 0.6 is 0 Å². The van der Waals surface area contributed by atoms with Gasteiger partial charge in [0.05, 0.1) is 6.61 Å². The number of benzene rings is 1. The van der Waals surface area contributed by atoms with Crippen LogP contribution in [0.4, 0.5) is 0 Å². The molecule has 1 atom stereocenters. The number of carboxylic acid groups (broad SMARTS) is 1. The number of carbonyl (C=O) groups excluding carboxylic acids is 1. The molecule has 0 aliphatic rings. The normalized spacial score (nSPS) is 13.5. The van der Waals surface area contributed by atoms with Gasteiger partial charge in [-0.2, -0.15) is 0 Å². The fraction of sp³-hybridized carbons (Fsp3) is 0.529. The predicted molar refractivity (Wildman–Crippen MR) is 85.2 cm³/mol. The van der Waals surface area contributed by atoms with E-state index in [4.69, 9.17) is 4.74 Å². The number of ether oxygens (including phenoxy) is 1. The molecule has 2 N–H and O–H groups in total. The summed E-state index contributed by atoms with van der Waals surface area (Å²) in [5.41, 5.74) is -0.870. The van der Waals surface area contributed by atoms with Gasteiger partial charge in [0.2, 0.25) is 0 Å². The van der Waals surface area contributed by atoms with Crippen molar-refractivity contribution in [2.24, 2.45) is 5.92 Å². The fourth-order valence-corrected chi connectivity index (χ4v) is 2.04. The van der Waals surface area contributed by atoms with Gasteiger partial charge in [0.1, 0.15) is 11.3 Å². The molecule has 1 amide bonds. The van der Waals surface area contributed by atoms with Gasteiger partial charge in [0, 0.05) is 5.56 Å². The van der Waals surface area contributed by atoms with E-state index in [2.05, 4.69) is 5.32 Å². The van der Waals surface area contributed by atoms with E-state index in [-0.39, 0.29) is 0 Å². The molecule has 0 saturated heterocycles. The Morgan fingerprint density at radius 1 is 1.36 bits per heavy atom. The monoisotopic (exact) mass is 307 g/mol. The molecule has 0 radical (unpaired) electrons. The van der Waals surface area contributed by atoms with Crippen molar-refractivity contribution < 1.29 is 19.4 Å². The second kappa shape index (κ2) is 7.82. The minimum absolute atomic E-state index is 0.373. The summed E-state index contributed by atoms with van der Waals surface area (Å²) in [5, 5.41) is 11.9. The lowest BCUT2D eigenvalue weighted by Crippen LogP contribution is -2.52. The molecule has 1 unspecified atom stereocenters. The molecule has 1 rings (SSSR count). The van der Waals surface area contributed by atoms with Gasteiger partial charge >= 0.3 is 5.97 Å². The summed E-state index contributed by atoms with van der Waals surface area (Å²) in [6, 6.07) is 6.78. The number of amides is 1. The summed E-state index contributed by atoms with van der Waals surface area (Å²) in [6.45, 7) is 8.05. The van der Waals surface area contributed by atoms with Crippen molar-refractivity contribution in [1.82, 2.24) is 5.32 Å². The highest BCUT2D eigenvalue weighted by molar-refractivity contribution is 5.98. The Labute approximate surface area is 131 Å². The number of rotatable bonds is 8. The summed E-state index contributed by atoms with van der Waals surface area (Å²) >= 11 is 0. The first-order valence-electron chi connectivity index (χ1n) is 7.57. The first-order chi connectivity index (χ1) is 10.3. The molecule has 1 aromatic rings. The van der Waals surface area contributed by atoms with Crippen LogP contribution in [0.2, 0.25) is 0 Å². The molecule has 0 saturated carbocycles. The molecule has 1 aromatic carbocycles. The van der Waals surface area contributed by atoms with Crippen LogP contribution in [0, 0.1) is 5.92 Å². The van der Waals surface area contributed by atoms with Crippen LogP contribution in [-0.2, 0) is 4.79 Å². The van der Waals surface area contributed by atoms with Crippen molar-refractivity contribution in [1.29, 1.82) is 0 Å². The zero-order valence-electron chi connectivity index (χ0n) is 13.7. The molecular formula is C17H25NO4. The molecular weight excluding hydrogens is 282 g/mol. The number of carboxylic acids is 1. The summed E-state index contributed by atoms with van der Waals surface area (Å²) in [4.78, 5) is 23.7. The number of aliphatic carboxylic acids is 1. The highest BCUT2D eigenvalue weighted by Crippen LogP contribution is 2.17. The SMILES string of the molecule is CCCC(C)(NC(=O)c1cccc(OCC(C)C)c1)C(=O)O. The summed E-state index contributed by atoms with van der Waals surface area (Å²) in [5.74, 6) is -0.450. The minimum Gasteiger partial charge on any atom is -0.493 e. The molecule has 22 heavy (non-hydrogen) atoms. The Morgan fingerprint density at radius 2 is 2.05 bits per heavy atom. The number of hydrogen-bond acceptors (Lipinski definition) is 3. The van der Waals surface area contributed by atoms with E-state index in [9.17, 15) is 14.7 Å². The van der Waals surface area contributed by atoms with E-state index in [1.165, 1.54) is 6.92 Å². The van der Waals surface area contributed by atoms with Crippen molar-refractivity contribution in [2.45, 2.75) is 46.1 Å². The van der Waals surface area contributed by atoms with Crippen molar-refractivity contribution in [3.8, 4) is 5.75 Å².